The molecule has 1 aromatic heterocycles. The van der Waals surface area contributed by atoms with Crippen LogP contribution < -0.4 is 0 Å². The van der Waals surface area contributed by atoms with E-state index in [2.05, 4.69) is 165 Å². The van der Waals surface area contributed by atoms with Crippen molar-refractivity contribution in [3.05, 3.63) is 157 Å². The van der Waals surface area contributed by atoms with Crippen molar-refractivity contribution in [3.63, 3.8) is 0 Å². The maximum absolute atomic E-state index is 4.41. The lowest BCUT2D eigenvalue weighted by Gasteiger charge is -2.21. The summed E-state index contributed by atoms with van der Waals surface area (Å²) in [5.74, 6) is 0. The van der Waals surface area contributed by atoms with E-state index in [1.165, 1.54) is 91.1 Å². The van der Waals surface area contributed by atoms with Gasteiger partial charge in [0.25, 0.3) is 0 Å². The van der Waals surface area contributed by atoms with E-state index in [0.29, 0.717) is 0 Å². The Hall–Kier alpha value is -5.50. The van der Waals surface area contributed by atoms with Gasteiger partial charge in [0.05, 0.1) is 0 Å². The number of benzene rings is 8. The van der Waals surface area contributed by atoms with Gasteiger partial charge in [-0.3, -0.25) is 0 Å². The minimum atomic E-state index is 1.16. The SMILES string of the molecule is C=Cc1c(/C=C\C)c(-c2ccc3ccccc3c2)c2cc3c(cc2c1-c1ccc2ccccc2c1)sc1ccc2ccccc2c13. The molecule has 0 saturated carbocycles. The van der Waals surface area contributed by atoms with Crippen molar-refractivity contribution in [1.82, 2.24) is 0 Å². The lowest BCUT2D eigenvalue weighted by molar-refractivity contribution is 1.60. The molecule has 1 heteroatoms. The summed E-state index contributed by atoms with van der Waals surface area (Å²) < 4.78 is 2.63. The van der Waals surface area contributed by atoms with Gasteiger partial charge in [-0.2, -0.15) is 0 Å². The molecular weight excluding hydrogens is 573 g/mol. The first kappa shape index (κ1) is 26.9. The molecule has 0 radical (unpaired) electrons. The van der Waals surface area contributed by atoms with Crippen LogP contribution in [0.25, 0.3) is 97.7 Å². The highest BCUT2D eigenvalue weighted by atomic mass is 32.1. The van der Waals surface area contributed by atoms with Crippen LogP contribution in [-0.2, 0) is 0 Å². The fraction of sp³-hybridized carbons (Fsp3) is 0.0222. The zero-order chi connectivity index (χ0) is 30.8. The lowest BCUT2D eigenvalue weighted by Crippen LogP contribution is -1.96. The molecule has 0 atom stereocenters. The van der Waals surface area contributed by atoms with Crippen molar-refractivity contribution >= 4 is 86.8 Å². The van der Waals surface area contributed by atoms with Gasteiger partial charge >= 0.3 is 0 Å². The van der Waals surface area contributed by atoms with E-state index >= 15 is 0 Å². The second-order valence-electron chi connectivity index (χ2n) is 12.1. The number of rotatable bonds is 4. The topological polar surface area (TPSA) is 0 Å². The Labute approximate surface area is 272 Å². The molecule has 1 heterocycles. The van der Waals surface area contributed by atoms with Crippen LogP contribution in [0.5, 0.6) is 0 Å². The summed E-state index contributed by atoms with van der Waals surface area (Å²) in [7, 11) is 0. The monoisotopic (exact) mass is 602 g/mol. The molecule has 0 spiro atoms. The Balaban J connectivity index is 1.50. The molecule has 9 aromatic rings. The van der Waals surface area contributed by atoms with E-state index in [0.717, 1.165) is 5.56 Å². The van der Waals surface area contributed by atoms with Crippen LogP contribution >= 0.6 is 11.3 Å². The van der Waals surface area contributed by atoms with Crippen molar-refractivity contribution in [1.29, 1.82) is 0 Å². The molecule has 0 saturated heterocycles. The van der Waals surface area contributed by atoms with Crippen LogP contribution in [0.2, 0.25) is 0 Å². The summed E-state index contributed by atoms with van der Waals surface area (Å²) in [4.78, 5) is 0. The zero-order valence-electron chi connectivity index (χ0n) is 25.5. The third-order valence-corrected chi connectivity index (χ3v) is 10.6. The fourth-order valence-corrected chi connectivity index (χ4v) is 8.57. The van der Waals surface area contributed by atoms with E-state index < -0.39 is 0 Å². The van der Waals surface area contributed by atoms with Crippen molar-refractivity contribution in [2.45, 2.75) is 6.92 Å². The Morgan fingerprint density at radius 2 is 1.04 bits per heavy atom. The van der Waals surface area contributed by atoms with Crippen molar-refractivity contribution < 1.29 is 0 Å². The molecule has 0 aliphatic carbocycles. The van der Waals surface area contributed by atoms with Crippen molar-refractivity contribution in [2.75, 3.05) is 0 Å². The Morgan fingerprint density at radius 3 is 1.70 bits per heavy atom. The molecule has 8 aromatic carbocycles. The second kappa shape index (κ2) is 10.5. The smallest absolute Gasteiger partial charge is 0.0362 e. The van der Waals surface area contributed by atoms with Crippen LogP contribution in [0.3, 0.4) is 0 Å². The summed E-state index contributed by atoms with van der Waals surface area (Å²) in [6, 6.07) is 49.3. The van der Waals surface area contributed by atoms with Gasteiger partial charge in [-0.25, -0.2) is 0 Å². The normalized spacial score (nSPS) is 12.0. The molecule has 216 valence electrons. The van der Waals surface area contributed by atoms with Gasteiger partial charge in [-0.05, 0) is 114 Å². The molecule has 0 aliphatic heterocycles. The maximum atomic E-state index is 4.41. The molecule has 0 amide bonds. The minimum Gasteiger partial charge on any atom is -0.135 e. The van der Waals surface area contributed by atoms with Gasteiger partial charge in [-0.1, -0.05) is 128 Å². The van der Waals surface area contributed by atoms with Gasteiger partial charge in [-0.15, -0.1) is 11.3 Å². The van der Waals surface area contributed by atoms with E-state index in [4.69, 9.17) is 0 Å². The first-order valence-corrected chi connectivity index (χ1v) is 16.6. The van der Waals surface area contributed by atoms with Gasteiger partial charge in [0.2, 0.25) is 0 Å². The van der Waals surface area contributed by atoms with E-state index in [1.807, 2.05) is 11.3 Å². The highest BCUT2D eigenvalue weighted by molar-refractivity contribution is 7.26. The van der Waals surface area contributed by atoms with Crippen LogP contribution in [0.4, 0.5) is 0 Å². The van der Waals surface area contributed by atoms with Gasteiger partial charge in [0.1, 0.15) is 0 Å². The summed E-state index contributed by atoms with van der Waals surface area (Å²) in [5, 5.41) is 12.7. The Bertz CT molecular complexity index is 2720. The average Bonchev–Trinajstić information content (AvgIpc) is 3.48. The lowest BCUT2D eigenvalue weighted by atomic mass is 9.82. The third-order valence-electron chi connectivity index (χ3n) is 9.48. The fourth-order valence-electron chi connectivity index (χ4n) is 7.43. The molecule has 0 N–H and O–H groups in total. The van der Waals surface area contributed by atoms with Gasteiger partial charge in [0, 0.05) is 20.2 Å². The summed E-state index contributed by atoms with van der Waals surface area (Å²) in [6.07, 6.45) is 6.50. The van der Waals surface area contributed by atoms with E-state index in [-0.39, 0.29) is 0 Å². The molecule has 0 fully saturated rings. The van der Waals surface area contributed by atoms with Gasteiger partial charge < -0.3 is 0 Å². The second-order valence-corrected chi connectivity index (χ2v) is 13.1. The van der Waals surface area contributed by atoms with Crippen molar-refractivity contribution in [2.24, 2.45) is 0 Å². The number of thiophene rings is 1. The molecule has 0 unspecified atom stereocenters. The molecule has 9 rings (SSSR count). The predicted octanol–water partition coefficient (Wildman–Crippen LogP) is 13.7. The Kier molecular flexibility index (Phi) is 6.16. The predicted molar refractivity (Wildman–Crippen MR) is 205 cm³/mol. The molecule has 0 aliphatic rings. The van der Waals surface area contributed by atoms with Crippen LogP contribution in [0, 0.1) is 0 Å². The quantitative estimate of drug-likeness (QED) is 0.188. The summed E-state index contributed by atoms with van der Waals surface area (Å²) in [6.45, 7) is 6.52. The van der Waals surface area contributed by atoms with Crippen LogP contribution in [0.15, 0.2) is 146 Å². The molecule has 0 bridgehead atoms. The number of fused-ring (bicyclic) bond motifs is 8. The summed E-state index contributed by atoms with van der Waals surface area (Å²) in [5.41, 5.74) is 7.27. The van der Waals surface area contributed by atoms with Crippen LogP contribution in [-0.4, -0.2) is 0 Å². The first-order chi connectivity index (χ1) is 22.7. The first-order valence-electron chi connectivity index (χ1n) is 15.8. The van der Waals surface area contributed by atoms with Crippen molar-refractivity contribution in [3.8, 4) is 22.3 Å². The number of hydrogen-bond acceptors (Lipinski definition) is 1. The number of allylic oxidation sites excluding steroid dienone is 1. The van der Waals surface area contributed by atoms with Gasteiger partial charge in [0.15, 0.2) is 0 Å². The number of hydrogen-bond donors (Lipinski definition) is 0. The van der Waals surface area contributed by atoms with E-state index in [9.17, 15) is 0 Å². The van der Waals surface area contributed by atoms with Crippen LogP contribution in [0.1, 0.15) is 18.1 Å². The minimum absolute atomic E-state index is 1.16. The molecule has 46 heavy (non-hydrogen) atoms. The molecule has 0 nitrogen and oxygen atoms in total. The average molecular weight is 603 g/mol. The molecular formula is C45H30S. The largest absolute Gasteiger partial charge is 0.135 e. The Morgan fingerprint density at radius 1 is 0.478 bits per heavy atom. The maximum Gasteiger partial charge on any atom is 0.0362 e. The third kappa shape index (κ3) is 4.06. The van der Waals surface area contributed by atoms with E-state index in [1.54, 1.807) is 0 Å². The standard InChI is InChI=1S/C45H30S/c1-3-11-37-35(4-2)43(33-20-18-28-12-5-7-15-31(28)24-33)39-27-42-40(45-36-17-10-9-14-30(36)22-23-41(45)46-42)26-38(39)44(37)34-21-19-29-13-6-8-16-32(29)25-34/h3-27H,2H2,1H3/b11-3-. The highest BCUT2D eigenvalue weighted by Crippen LogP contribution is 2.48. The summed E-state index contributed by atoms with van der Waals surface area (Å²) >= 11 is 1.89. The zero-order valence-corrected chi connectivity index (χ0v) is 26.4. The highest BCUT2D eigenvalue weighted by Gasteiger charge is 2.22.